The maximum atomic E-state index is 12.7. The summed E-state index contributed by atoms with van der Waals surface area (Å²) in [5.41, 5.74) is 1.84. The van der Waals surface area contributed by atoms with Gasteiger partial charge in [-0.05, 0) is 42.3 Å². The van der Waals surface area contributed by atoms with E-state index in [0.29, 0.717) is 16.9 Å². The van der Waals surface area contributed by atoms with Crippen LogP contribution in [0.25, 0.3) is 33.3 Å². The molecule has 0 bridgehead atoms. The minimum Gasteiger partial charge on any atom is -0.480 e. The summed E-state index contributed by atoms with van der Waals surface area (Å²) in [6, 6.07) is 12.6. The maximum Gasteiger partial charge on any atom is 0.322 e. The molecule has 4 aromatic rings. The molecule has 8 heteroatoms. The van der Waals surface area contributed by atoms with Crippen molar-refractivity contribution in [1.82, 2.24) is 4.72 Å². The number of nitrogens with one attached hydrogen (secondary N) is 1. The van der Waals surface area contributed by atoms with Crippen molar-refractivity contribution in [3.63, 3.8) is 0 Å². The average Bonchev–Trinajstić information content (AvgIpc) is 3.32. The quantitative estimate of drug-likeness (QED) is 0.489. The van der Waals surface area contributed by atoms with Crippen LogP contribution >= 0.6 is 0 Å². The van der Waals surface area contributed by atoms with Gasteiger partial charge >= 0.3 is 5.97 Å². The molecule has 0 aliphatic carbocycles. The highest BCUT2D eigenvalue weighted by Gasteiger charge is 2.28. The van der Waals surface area contributed by atoms with Crippen molar-refractivity contribution < 1.29 is 27.2 Å². The molecular formula is C21H19NO6S. The van der Waals surface area contributed by atoms with E-state index in [-0.39, 0.29) is 4.90 Å². The Hall–Kier alpha value is -3.10. The number of rotatable bonds is 6. The smallest absolute Gasteiger partial charge is 0.322 e. The number of hydrogen-bond donors (Lipinski definition) is 2. The summed E-state index contributed by atoms with van der Waals surface area (Å²) in [4.78, 5) is 11.3. The molecule has 0 saturated carbocycles. The van der Waals surface area contributed by atoms with Gasteiger partial charge in [0.2, 0.25) is 10.0 Å². The highest BCUT2D eigenvalue weighted by atomic mass is 32.2. The fourth-order valence-corrected chi connectivity index (χ4v) is 4.58. The molecule has 2 aromatic heterocycles. The molecule has 0 aliphatic rings. The van der Waals surface area contributed by atoms with Gasteiger partial charge in [0.15, 0.2) is 0 Å². The molecular weight excluding hydrogens is 394 g/mol. The summed E-state index contributed by atoms with van der Waals surface area (Å²) >= 11 is 0. The summed E-state index contributed by atoms with van der Waals surface area (Å²) in [7, 11) is -4.03. The molecule has 7 nitrogen and oxygen atoms in total. The third kappa shape index (κ3) is 3.52. The second-order valence-corrected chi connectivity index (χ2v) is 8.84. The molecule has 2 aromatic carbocycles. The van der Waals surface area contributed by atoms with Crippen molar-refractivity contribution in [1.29, 1.82) is 0 Å². The molecule has 0 spiro atoms. The number of sulfonamides is 1. The Morgan fingerprint density at radius 3 is 2.34 bits per heavy atom. The third-order valence-electron chi connectivity index (χ3n) is 4.78. The van der Waals surface area contributed by atoms with Gasteiger partial charge in [-0.15, -0.1) is 0 Å². The largest absolute Gasteiger partial charge is 0.480 e. The Morgan fingerprint density at radius 1 is 1.03 bits per heavy atom. The molecule has 1 atom stereocenters. The first-order valence-corrected chi connectivity index (χ1v) is 10.5. The van der Waals surface area contributed by atoms with Crippen molar-refractivity contribution in [2.24, 2.45) is 5.92 Å². The summed E-state index contributed by atoms with van der Waals surface area (Å²) in [6.45, 7) is 3.28. The SMILES string of the molecule is CC(C)[C@H](NS(=O)(=O)c1ccc2c(c1)oc1cc(-c3ccco3)ccc12)C(=O)O. The van der Waals surface area contributed by atoms with E-state index in [4.69, 9.17) is 8.83 Å². The Morgan fingerprint density at radius 2 is 1.72 bits per heavy atom. The summed E-state index contributed by atoms with van der Waals surface area (Å²) in [5.74, 6) is -0.927. The topological polar surface area (TPSA) is 110 Å². The number of hydrogen-bond acceptors (Lipinski definition) is 5. The Kier molecular flexibility index (Phi) is 4.68. The molecule has 150 valence electrons. The first kappa shape index (κ1) is 19.2. The number of carboxylic acid groups (broad SMARTS) is 1. The van der Waals surface area contributed by atoms with E-state index < -0.39 is 28.0 Å². The minimum absolute atomic E-state index is 0.0535. The average molecular weight is 413 g/mol. The van der Waals surface area contributed by atoms with Crippen LogP contribution in [0.5, 0.6) is 0 Å². The van der Waals surface area contributed by atoms with Crippen LogP contribution in [0.15, 0.2) is 68.5 Å². The zero-order valence-corrected chi connectivity index (χ0v) is 16.6. The first-order chi connectivity index (χ1) is 13.8. The standard InChI is InChI=1S/C21H19NO6S/c1-12(2)20(21(23)24)22-29(25,26)14-6-8-16-15-7-5-13(17-4-3-9-27-17)10-18(15)28-19(16)11-14/h3-12,20,22H,1-2H3,(H,23,24)/t20-/m0/s1. The number of benzene rings is 2. The van der Waals surface area contributed by atoms with E-state index in [9.17, 15) is 18.3 Å². The van der Waals surface area contributed by atoms with Gasteiger partial charge in [0.05, 0.1) is 11.2 Å². The van der Waals surface area contributed by atoms with Crippen LogP contribution in [0.4, 0.5) is 0 Å². The highest BCUT2D eigenvalue weighted by Crippen LogP contribution is 2.33. The van der Waals surface area contributed by atoms with Crippen LogP contribution in [0.1, 0.15) is 13.8 Å². The van der Waals surface area contributed by atoms with Gasteiger partial charge in [0.1, 0.15) is 23.0 Å². The molecule has 0 aliphatic heterocycles. The molecule has 0 fully saturated rings. The van der Waals surface area contributed by atoms with Crippen molar-refractivity contribution in [3.05, 3.63) is 54.8 Å². The Bertz CT molecular complexity index is 1300. The third-order valence-corrected chi connectivity index (χ3v) is 6.21. The van der Waals surface area contributed by atoms with Gasteiger partial charge in [-0.3, -0.25) is 4.79 Å². The van der Waals surface area contributed by atoms with Crippen LogP contribution in [0.3, 0.4) is 0 Å². The second-order valence-electron chi connectivity index (χ2n) is 7.13. The number of carboxylic acids is 1. The van der Waals surface area contributed by atoms with Crippen LogP contribution in [0.2, 0.25) is 0 Å². The number of aliphatic carboxylic acids is 1. The van der Waals surface area contributed by atoms with Crippen LogP contribution in [0, 0.1) is 5.92 Å². The summed E-state index contributed by atoms with van der Waals surface area (Å²) in [6.07, 6.45) is 1.59. The van der Waals surface area contributed by atoms with E-state index in [2.05, 4.69) is 4.72 Å². The lowest BCUT2D eigenvalue weighted by atomic mass is 10.1. The van der Waals surface area contributed by atoms with Crippen molar-refractivity contribution in [3.8, 4) is 11.3 Å². The fraction of sp³-hybridized carbons (Fsp3) is 0.190. The van der Waals surface area contributed by atoms with Gasteiger partial charge in [-0.25, -0.2) is 8.42 Å². The molecule has 0 unspecified atom stereocenters. The fourth-order valence-electron chi connectivity index (χ4n) is 3.23. The van der Waals surface area contributed by atoms with Crippen LogP contribution in [-0.4, -0.2) is 25.5 Å². The zero-order chi connectivity index (χ0) is 20.8. The van der Waals surface area contributed by atoms with E-state index in [1.165, 1.54) is 12.1 Å². The monoisotopic (exact) mass is 413 g/mol. The molecule has 2 N–H and O–H groups in total. The molecule has 0 radical (unpaired) electrons. The normalized spacial score (nSPS) is 13.3. The van der Waals surface area contributed by atoms with Gasteiger partial charge in [0.25, 0.3) is 0 Å². The van der Waals surface area contributed by atoms with Crippen LogP contribution < -0.4 is 4.72 Å². The highest BCUT2D eigenvalue weighted by molar-refractivity contribution is 7.89. The predicted octanol–water partition coefficient (Wildman–Crippen LogP) is 4.23. The first-order valence-electron chi connectivity index (χ1n) is 9.01. The summed E-state index contributed by atoms with van der Waals surface area (Å²) in [5, 5.41) is 10.9. The number of carbonyl (C=O) groups is 1. The lowest BCUT2D eigenvalue weighted by Gasteiger charge is -2.17. The van der Waals surface area contributed by atoms with E-state index in [1.807, 2.05) is 24.3 Å². The number of furan rings is 2. The van der Waals surface area contributed by atoms with Gasteiger partial charge in [0, 0.05) is 22.4 Å². The van der Waals surface area contributed by atoms with E-state index in [0.717, 1.165) is 16.3 Å². The van der Waals surface area contributed by atoms with Crippen molar-refractivity contribution in [2.75, 3.05) is 0 Å². The minimum atomic E-state index is -4.03. The molecule has 0 saturated heterocycles. The lowest BCUT2D eigenvalue weighted by Crippen LogP contribution is -2.44. The van der Waals surface area contributed by atoms with E-state index >= 15 is 0 Å². The lowest BCUT2D eigenvalue weighted by molar-refractivity contribution is -0.140. The van der Waals surface area contributed by atoms with Gasteiger partial charge < -0.3 is 13.9 Å². The van der Waals surface area contributed by atoms with Crippen molar-refractivity contribution >= 4 is 37.9 Å². The Balaban J connectivity index is 1.75. The van der Waals surface area contributed by atoms with Gasteiger partial charge in [-0.1, -0.05) is 19.9 Å². The molecule has 29 heavy (non-hydrogen) atoms. The molecule has 2 heterocycles. The Labute approximate surface area is 167 Å². The number of fused-ring (bicyclic) bond motifs is 3. The van der Waals surface area contributed by atoms with E-state index in [1.54, 1.807) is 32.2 Å². The zero-order valence-electron chi connectivity index (χ0n) is 15.7. The molecule has 4 rings (SSSR count). The van der Waals surface area contributed by atoms with Crippen molar-refractivity contribution in [2.45, 2.75) is 24.8 Å². The summed E-state index contributed by atoms with van der Waals surface area (Å²) < 4.78 is 38.9. The maximum absolute atomic E-state index is 12.7. The predicted molar refractivity (Wildman–Crippen MR) is 108 cm³/mol. The van der Waals surface area contributed by atoms with Gasteiger partial charge in [-0.2, -0.15) is 4.72 Å². The second kappa shape index (κ2) is 7.06. The van der Waals surface area contributed by atoms with Crippen LogP contribution in [-0.2, 0) is 14.8 Å². The molecule has 0 amide bonds.